The molecule has 0 aromatic carbocycles. The van der Waals surface area contributed by atoms with Crippen molar-refractivity contribution in [2.75, 3.05) is 13.1 Å². The molecule has 5 nitrogen and oxygen atoms in total. The SMILES string of the molecule is O=C(N[C@@H]1C2CCN(CC2)C12CC2)c1cc2[nH]ccc2cn1. The molecule has 2 bridgehead atoms. The molecule has 0 unspecified atom stereocenters. The Morgan fingerprint density at radius 2 is 2.18 bits per heavy atom. The number of aromatic nitrogens is 2. The van der Waals surface area contributed by atoms with Gasteiger partial charge in [0.25, 0.3) is 5.91 Å². The van der Waals surface area contributed by atoms with Gasteiger partial charge in [0, 0.05) is 28.8 Å². The summed E-state index contributed by atoms with van der Waals surface area (Å²) < 4.78 is 0. The number of nitrogens with one attached hydrogen (secondary N) is 2. The van der Waals surface area contributed by atoms with E-state index in [1.165, 1.54) is 38.8 Å². The molecule has 1 amide bonds. The summed E-state index contributed by atoms with van der Waals surface area (Å²) in [7, 11) is 0. The topological polar surface area (TPSA) is 61.0 Å². The van der Waals surface area contributed by atoms with Crippen molar-refractivity contribution in [3.8, 4) is 0 Å². The third-order valence-electron chi connectivity index (χ3n) is 5.94. The first-order valence-electron chi connectivity index (χ1n) is 8.25. The van der Waals surface area contributed by atoms with Crippen LogP contribution in [0, 0.1) is 5.92 Å². The summed E-state index contributed by atoms with van der Waals surface area (Å²) in [6, 6.07) is 4.13. The average Bonchev–Trinajstić information content (AvgIpc) is 3.18. The third-order valence-corrected chi connectivity index (χ3v) is 5.94. The smallest absolute Gasteiger partial charge is 0.270 e. The van der Waals surface area contributed by atoms with E-state index in [9.17, 15) is 4.79 Å². The van der Waals surface area contributed by atoms with Gasteiger partial charge in [-0.25, -0.2) is 0 Å². The maximum absolute atomic E-state index is 12.7. The van der Waals surface area contributed by atoms with E-state index in [2.05, 4.69) is 20.2 Å². The van der Waals surface area contributed by atoms with Gasteiger partial charge in [0.05, 0.1) is 6.04 Å². The van der Waals surface area contributed by atoms with E-state index in [0.29, 0.717) is 17.7 Å². The molecular formula is C17H20N4O. The first-order valence-corrected chi connectivity index (χ1v) is 8.25. The Morgan fingerprint density at radius 3 is 2.95 bits per heavy atom. The summed E-state index contributed by atoms with van der Waals surface area (Å²) in [4.78, 5) is 22.7. The van der Waals surface area contributed by atoms with Crippen molar-refractivity contribution in [3.05, 3.63) is 30.2 Å². The molecule has 22 heavy (non-hydrogen) atoms. The quantitative estimate of drug-likeness (QED) is 0.890. The second-order valence-electron chi connectivity index (χ2n) is 7.01. The molecule has 4 fully saturated rings. The Bertz CT molecular complexity index is 740. The lowest BCUT2D eigenvalue weighted by molar-refractivity contribution is -0.00152. The van der Waals surface area contributed by atoms with Gasteiger partial charge in [-0.15, -0.1) is 0 Å². The number of nitrogens with zero attached hydrogens (tertiary/aromatic N) is 2. The molecule has 1 aliphatic carbocycles. The van der Waals surface area contributed by atoms with Gasteiger partial charge in [0.2, 0.25) is 0 Å². The molecular weight excluding hydrogens is 276 g/mol. The number of amides is 1. The molecule has 1 saturated carbocycles. The van der Waals surface area contributed by atoms with Crippen molar-refractivity contribution in [1.82, 2.24) is 20.2 Å². The monoisotopic (exact) mass is 296 g/mol. The molecule has 2 aromatic rings. The fourth-order valence-electron chi connectivity index (χ4n) is 4.61. The van der Waals surface area contributed by atoms with Gasteiger partial charge in [-0.3, -0.25) is 14.7 Å². The van der Waals surface area contributed by atoms with E-state index in [-0.39, 0.29) is 11.4 Å². The summed E-state index contributed by atoms with van der Waals surface area (Å²) in [6.45, 7) is 2.42. The lowest BCUT2D eigenvalue weighted by Gasteiger charge is -2.52. The van der Waals surface area contributed by atoms with Crippen molar-refractivity contribution in [2.45, 2.75) is 37.3 Å². The number of hydrogen-bond acceptors (Lipinski definition) is 3. The van der Waals surface area contributed by atoms with Gasteiger partial charge in [-0.1, -0.05) is 0 Å². The number of carbonyl (C=O) groups excluding carboxylic acids is 1. The first kappa shape index (κ1) is 12.6. The molecule has 5 heteroatoms. The van der Waals surface area contributed by atoms with E-state index in [1.807, 2.05) is 18.3 Å². The van der Waals surface area contributed by atoms with E-state index >= 15 is 0 Å². The number of pyridine rings is 1. The van der Waals surface area contributed by atoms with Crippen LogP contribution in [-0.4, -0.2) is 45.4 Å². The Hall–Kier alpha value is -1.88. The standard InChI is InChI=1S/C17H20N4O/c22-16(14-9-13-12(10-19-14)1-6-18-13)20-15-11-2-7-21(8-3-11)17(15)4-5-17/h1,6,9-11,15,18H,2-5,7-8H2,(H,20,22)/t15-/m1/s1. The second-order valence-corrected chi connectivity index (χ2v) is 7.01. The number of aromatic amines is 1. The minimum Gasteiger partial charge on any atom is -0.361 e. The number of piperidine rings is 3. The van der Waals surface area contributed by atoms with Crippen LogP contribution in [0.2, 0.25) is 0 Å². The van der Waals surface area contributed by atoms with Gasteiger partial charge in [-0.05, 0) is 56.8 Å². The van der Waals surface area contributed by atoms with E-state index < -0.39 is 0 Å². The van der Waals surface area contributed by atoms with Crippen LogP contribution in [0.15, 0.2) is 24.5 Å². The van der Waals surface area contributed by atoms with Gasteiger partial charge in [0.1, 0.15) is 5.69 Å². The van der Waals surface area contributed by atoms with Gasteiger partial charge >= 0.3 is 0 Å². The first-order chi connectivity index (χ1) is 10.8. The summed E-state index contributed by atoms with van der Waals surface area (Å²) in [5.74, 6) is 0.618. The van der Waals surface area contributed by atoms with Crippen molar-refractivity contribution in [2.24, 2.45) is 5.92 Å². The van der Waals surface area contributed by atoms with Crippen molar-refractivity contribution in [1.29, 1.82) is 0 Å². The van der Waals surface area contributed by atoms with Crippen LogP contribution in [0.5, 0.6) is 0 Å². The molecule has 3 saturated heterocycles. The summed E-state index contributed by atoms with van der Waals surface area (Å²) in [6.07, 6.45) is 8.55. The number of carbonyl (C=O) groups is 1. The minimum absolute atomic E-state index is 0.0264. The number of H-pyrrole nitrogens is 1. The Morgan fingerprint density at radius 1 is 1.36 bits per heavy atom. The molecule has 114 valence electrons. The lowest BCUT2D eigenvalue weighted by atomic mass is 9.77. The molecule has 5 heterocycles. The van der Waals surface area contributed by atoms with Gasteiger partial charge in [0.15, 0.2) is 0 Å². The third kappa shape index (κ3) is 1.69. The van der Waals surface area contributed by atoms with Gasteiger partial charge < -0.3 is 10.3 Å². The zero-order chi connectivity index (χ0) is 14.7. The highest BCUT2D eigenvalue weighted by Gasteiger charge is 2.60. The molecule has 2 N–H and O–H groups in total. The predicted molar refractivity (Wildman–Crippen MR) is 83.6 cm³/mol. The van der Waals surface area contributed by atoms with E-state index in [4.69, 9.17) is 0 Å². The normalized spacial score (nSPS) is 31.5. The van der Waals surface area contributed by atoms with E-state index in [1.54, 1.807) is 6.20 Å². The molecule has 6 rings (SSSR count). The van der Waals surface area contributed by atoms with Crippen LogP contribution >= 0.6 is 0 Å². The Kier molecular flexibility index (Phi) is 2.48. The highest BCUT2D eigenvalue weighted by atomic mass is 16.2. The zero-order valence-electron chi connectivity index (χ0n) is 12.5. The summed E-state index contributed by atoms with van der Waals surface area (Å²) >= 11 is 0. The Labute approximate surface area is 129 Å². The molecule has 4 aliphatic rings. The summed E-state index contributed by atoms with van der Waals surface area (Å²) in [5, 5.41) is 4.36. The van der Waals surface area contributed by atoms with Crippen molar-refractivity contribution >= 4 is 16.8 Å². The zero-order valence-corrected chi connectivity index (χ0v) is 12.5. The molecule has 0 radical (unpaired) electrons. The minimum atomic E-state index is -0.0264. The largest absolute Gasteiger partial charge is 0.361 e. The number of hydrogen-bond donors (Lipinski definition) is 2. The van der Waals surface area contributed by atoms with Crippen LogP contribution in [0.25, 0.3) is 10.9 Å². The molecule has 1 atom stereocenters. The van der Waals surface area contributed by atoms with Crippen molar-refractivity contribution < 1.29 is 4.79 Å². The highest BCUT2D eigenvalue weighted by Crippen LogP contribution is 2.53. The molecule has 1 spiro atoms. The second kappa shape index (κ2) is 4.32. The maximum atomic E-state index is 12.7. The Balaban J connectivity index is 1.42. The maximum Gasteiger partial charge on any atom is 0.270 e. The van der Waals surface area contributed by atoms with Crippen LogP contribution in [0.1, 0.15) is 36.2 Å². The molecule has 3 aliphatic heterocycles. The van der Waals surface area contributed by atoms with Gasteiger partial charge in [-0.2, -0.15) is 0 Å². The summed E-state index contributed by atoms with van der Waals surface area (Å²) in [5.41, 5.74) is 1.75. The van der Waals surface area contributed by atoms with Crippen LogP contribution in [0.3, 0.4) is 0 Å². The van der Waals surface area contributed by atoms with Crippen molar-refractivity contribution in [3.63, 3.8) is 0 Å². The van der Waals surface area contributed by atoms with E-state index in [0.717, 1.165) is 10.9 Å². The predicted octanol–water partition coefficient (Wildman–Crippen LogP) is 1.92. The fourth-order valence-corrected chi connectivity index (χ4v) is 4.61. The molecule has 2 aromatic heterocycles. The van der Waals surface area contributed by atoms with Crippen LogP contribution in [0.4, 0.5) is 0 Å². The lowest BCUT2D eigenvalue weighted by Crippen LogP contribution is -2.65. The average molecular weight is 296 g/mol. The van der Waals surface area contributed by atoms with Crippen LogP contribution < -0.4 is 5.32 Å². The van der Waals surface area contributed by atoms with Crippen LogP contribution in [-0.2, 0) is 0 Å². The number of rotatable bonds is 2. The highest BCUT2D eigenvalue weighted by molar-refractivity contribution is 5.95. The number of fused-ring (bicyclic) bond motifs is 3. The fraction of sp³-hybridized carbons (Fsp3) is 0.529.